The van der Waals surface area contributed by atoms with Gasteiger partial charge in [0.1, 0.15) is 0 Å². The van der Waals surface area contributed by atoms with Crippen molar-refractivity contribution < 1.29 is 10.2 Å². The second-order valence-electron chi connectivity index (χ2n) is 11.8. The fourth-order valence-electron chi connectivity index (χ4n) is 8.49. The topological polar surface area (TPSA) is 40.5 Å². The van der Waals surface area contributed by atoms with E-state index in [4.69, 9.17) is 0 Å². The molecule has 0 aromatic carbocycles. The zero-order chi connectivity index (χ0) is 21.0. The van der Waals surface area contributed by atoms with Gasteiger partial charge in [-0.1, -0.05) is 44.6 Å². The first-order chi connectivity index (χ1) is 13.7. The first kappa shape index (κ1) is 21.6. The molecule has 0 amide bonds. The van der Waals surface area contributed by atoms with Crippen molar-refractivity contribution in [1.29, 1.82) is 0 Å². The number of aliphatic hydroxyl groups excluding tert-OH is 2. The van der Waals surface area contributed by atoms with Crippen molar-refractivity contribution in [3.05, 3.63) is 23.8 Å². The van der Waals surface area contributed by atoms with Gasteiger partial charge in [0.05, 0.1) is 12.2 Å². The van der Waals surface area contributed by atoms with E-state index in [9.17, 15) is 10.2 Å². The number of aliphatic hydroxyl groups is 2. The molecule has 2 heteroatoms. The summed E-state index contributed by atoms with van der Waals surface area (Å²) in [6, 6.07) is 0. The van der Waals surface area contributed by atoms with E-state index in [-0.39, 0.29) is 12.2 Å². The second-order valence-corrected chi connectivity index (χ2v) is 11.8. The Morgan fingerprint density at radius 1 is 1.14 bits per heavy atom. The number of allylic oxidation sites excluding steroid dienone is 1. The average molecular weight is 401 g/mol. The van der Waals surface area contributed by atoms with E-state index in [1.165, 1.54) is 38.5 Å². The maximum atomic E-state index is 10.2. The van der Waals surface area contributed by atoms with Gasteiger partial charge in [-0.25, -0.2) is 0 Å². The monoisotopic (exact) mass is 400 g/mol. The summed E-state index contributed by atoms with van der Waals surface area (Å²) in [5, 5.41) is 20.4. The van der Waals surface area contributed by atoms with Gasteiger partial charge in [-0.2, -0.15) is 0 Å². The molecule has 3 fully saturated rings. The standard InChI is InChI=1S/C27H44O2/c1-17(2)25(29)11-6-18(3)22-9-10-23-21-8-7-19-16-20(28)12-14-26(19,4)24(21)13-15-27(22,23)5/h7,18,20-25,28-29H,1,6,8-16H2,2-5H3/t18-,20?,21+,22-,23+,24+,25?,26+,27-/m1/s1. The highest BCUT2D eigenvalue weighted by molar-refractivity contribution is 5.25. The molecule has 4 rings (SSSR count). The van der Waals surface area contributed by atoms with Gasteiger partial charge in [-0.15, -0.1) is 0 Å². The molecular formula is C27H44O2. The second kappa shape index (κ2) is 7.83. The first-order valence-corrected chi connectivity index (χ1v) is 12.4. The molecule has 164 valence electrons. The summed E-state index contributed by atoms with van der Waals surface area (Å²) in [5.74, 6) is 4.02. The third-order valence-electron chi connectivity index (χ3n) is 10.3. The third-order valence-corrected chi connectivity index (χ3v) is 10.3. The van der Waals surface area contributed by atoms with E-state index in [1.807, 2.05) is 6.92 Å². The van der Waals surface area contributed by atoms with Crippen LogP contribution in [0, 0.1) is 40.4 Å². The Balaban J connectivity index is 1.49. The molecule has 0 aliphatic heterocycles. The van der Waals surface area contributed by atoms with Crippen LogP contribution in [-0.4, -0.2) is 22.4 Å². The Morgan fingerprint density at radius 3 is 2.62 bits per heavy atom. The highest BCUT2D eigenvalue weighted by Crippen LogP contribution is 2.67. The molecule has 4 aliphatic rings. The molecule has 0 aromatic rings. The summed E-state index contributed by atoms with van der Waals surface area (Å²) < 4.78 is 0. The minimum absolute atomic E-state index is 0.106. The van der Waals surface area contributed by atoms with Crippen LogP contribution in [-0.2, 0) is 0 Å². The van der Waals surface area contributed by atoms with E-state index >= 15 is 0 Å². The van der Waals surface area contributed by atoms with E-state index in [0.29, 0.717) is 16.7 Å². The Kier molecular flexibility index (Phi) is 5.84. The lowest BCUT2D eigenvalue weighted by Gasteiger charge is -2.58. The molecule has 9 atom stereocenters. The Bertz CT molecular complexity index is 665. The molecule has 2 N–H and O–H groups in total. The van der Waals surface area contributed by atoms with Gasteiger partial charge in [-0.3, -0.25) is 0 Å². The average Bonchev–Trinajstić information content (AvgIpc) is 3.03. The molecule has 4 aliphatic carbocycles. The summed E-state index contributed by atoms with van der Waals surface area (Å²) in [5.41, 5.74) is 3.31. The zero-order valence-corrected chi connectivity index (χ0v) is 19.3. The van der Waals surface area contributed by atoms with Crippen molar-refractivity contribution in [1.82, 2.24) is 0 Å². The predicted molar refractivity (Wildman–Crippen MR) is 120 cm³/mol. The zero-order valence-electron chi connectivity index (χ0n) is 19.3. The molecule has 3 saturated carbocycles. The minimum atomic E-state index is -0.332. The largest absolute Gasteiger partial charge is 0.393 e. The fourth-order valence-corrected chi connectivity index (χ4v) is 8.49. The smallest absolute Gasteiger partial charge is 0.0744 e. The molecule has 0 bridgehead atoms. The molecule has 2 nitrogen and oxygen atoms in total. The molecule has 0 saturated heterocycles. The predicted octanol–water partition coefficient (Wildman–Crippen LogP) is 6.28. The Morgan fingerprint density at radius 2 is 1.90 bits per heavy atom. The van der Waals surface area contributed by atoms with Crippen molar-refractivity contribution in [3.63, 3.8) is 0 Å². The molecule has 0 heterocycles. The van der Waals surface area contributed by atoms with Crippen molar-refractivity contribution in [2.24, 2.45) is 40.4 Å². The molecule has 0 radical (unpaired) electrons. The van der Waals surface area contributed by atoms with Crippen molar-refractivity contribution in [2.45, 2.75) is 104 Å². The van der Waals surface area contributed by atoms with Gasteiger partial charge < -0.3 is 10.2 Å². The van der Waals surface area contributed by atoms with Crippen LogP contribution < -0.4 is 0 Å². The van der Waals surface area contributed by atoms with Crippen molar-refractivity contribution in [3.8, 4) is 0 Å². The fraction of sp³-hybridized carbons (Fsp3) is 0.852. The minimum Gasteiger partial charge on any atom is -0.393 e. The van der Waals surface area contributed by atoms with Crippen LogP contribution in [0.25, 0.3) is 0 Å². The van der Waals surface area contributed by atoms with Gasteiger partial charge in [0.15, 0.2) is 0 Å². The molecule has 0 spiro atoms. The van der Waals surface area contributed by atoms with E-state index < -0.39 is 0 Å². The highest BCUT2D eigenvalue weighted by Gasteiger charge is 2.59. The Labute approximate surface area is 178 Å². The maximum Gasteiger partial charge on any atom is 0.0744 e. The summed E-state index contributed by atoms with van der Waals surface area (Å²) in [4.78, 5) is 0. The Hall–Kier alpha value is -0.600. The summed E-state index contributed by atoms with van der Waals surface area (Å²) in [6.45, 7) is 13.5. The third kappa shape index (κ3) is 3.57. The van der Waals surface area contributed by atoms with Gasteiger partial charge in [0.2, 0.25) is 0 Å². The van der Waals surface area contributed by atoms with E-state index in [2.05, 4.69) is 33.4 Å². The van der Waals surface area contributed by atoms with Crippen molar-refractivity contribution in [2.75, 3.05) is 0 Å². The van der Waals surface area contributed by atoms with E-state index in [0.717, 1.165) is 54.9 Å². The lowest BCUT2D eigenvalue weighted by atomic mass is 9.47. The molecule has 29 heavy (non-hydrogen) atoms. The normalized spacial score (nSPS) is 46.1. The van der Waals surface area contributed by atoms with Crippen LogP contribution in [0.5, 0.6) is 0 Å². The van der Waals surface area contributed by atoms with Gasteiger partial charge >= 0.3 is 0 Å². The van der Waals surface area contributed by atoms with Crippen LogP contribution in [0.15, 0.2) is 23.8 Å². The molecular weight excluding hydrogens is 356 g/mol. The highest BCUT2D eigenvalue weighted by atomic mass is 16.3. The lowest BCUT2D eigenvalue weighted by Crippen LogP contribution is -2.50. The molecule has 2 unspecified atom stereocenters. The van der Waals surface area contributed by atoms with Crippen molar-refractivity contribution >= 4 is 0 Å². The summed E-state index contributed by atoms with van der Waals surface area (Å²) in [7, 11) is 0. The van der Waals surface area contributed by atoms with Crippen LogP contribution in [0.1, 0.15) is 91.9 Å². The molecule has 0 aromatic heterocycles. The van der Waals surface area contributed by atoms with E-state index in [1.54, 1.807) is 5.57 Å². The van der Waals surface area contributed by atoms with Gasteiger partial charge in [0, 0.05) is 0 Å². The van der Waals surface area contributed by atoms with Crippen LogP contribution in [0.2, 0.25) is 0 Å². The van der Waals surface area contributed by atoms with Gasteiger partial charge in [0.25, 0.3) is 0 Å². The first-order valence-electron chi connectivity index (χ1n) is 12.4. The van der Waals surface area contributed by atoms with Crippen LogP contribution in [0.3, 0.4) is 0 Å². The van der Waals surface area contributed by atoms with Crippen LogP contribution >= 0.6 is 0 Å². The number of hydrogen-bond acceptors (Lipinski definition) is 2. The lowest BCUT2D eigenvalue weighted by molar-refractivity contribution is -0.0576. The summed E-state index contributed by atoms with van der Waals surface area (Å²) in [6.07, 6.45) is 14.0. The number of hydrogen-bond donors (Lipinski definition) is 2. The SMILES string of the molecule is C=C(C)C(O)CC[C@@H](C)[C@H]1CC[C@H]2[C@@H]3CC=C4CC(O)CC[C@]4(C)[C@H]3CC[C@]12C. The number of fused-ring (bicyclic) bond motifs is 5. The van der Waals surface area contributed by atoms with Gasteiger partial charge in [-0.05, 0) is 112 Å². The maximum absolute atomic E-state index is 10.2. The number of rotatable bonds is 5. The summed E-state index contributed by atoms with van der Waals surface area (Å²) >= 11 is 0. The van der Waals surface area contributed by atoms with Crippen LogP contribution in [0.4, 0.5) is 0 Å². The quantitative estimate of drug-likeness (QED) is 0.533.